The predicted molar refractivity (Wildman–Crippen MR) is 67.9 cm³/mol. The maximum atomic E-state index is 6.29. The maximum absolute atomic E-state index is 6.29. The van der Waals surface area contributed by atoms with Crippen molar-refractivity contribution < 1.29 is 0 Å². The van der Waals surface area contributed by atoms with Crippen LogP contribution in [0.5, 0.6) is 0 Å². The molecule has 1 saturated carbocycles. The molecule has 0 radical (unpaired) electrons. The molecule has 0 bridgehead atoms. The Morgan fingerprint density at radius 3 is 2.67 bits per heavy atom. The van der Waals surface area contributed by atoms with Gasteiger partial charge in [-0.05, 0) is 36.0 Å². The number of benzene rings is 1. The van der Waals surface area contributed by atoms with E-state index >= 15 is 0 Å². The number of alkyl halides is 1. The molecule has 1 nitrogen and oxygen atoms in total. The highest BCUT2D eigenvalue weighted by Crippen LogP contribution is 2.47. The van der Waals surface area contributed by atoms with E-state index in [0.717, 1.165) is 22.2 Å². The van der Waals surface area contributed by atoms with E-state index in [1.807, 2.05) is 0 Å². The lowest BCUT2D eigenvalue weighted by atomic mass is 10.2. The van der Waals surface area contributed by atoms with Crippen molar-refractivity contribution in [3.63, 3.8) is 0 Å². The van der Waals surface area contributed by atoms with Gasteiger partial charge >= 0.3 is 0 Å². The van der Waals surface area contributed by atoms with Crippen LogP contribution in [-0.4, -0.2) is 13.1 Å². The lowest BCUT2D eigenvalue weighted by molar-refractivity contribution is 0.820. The first kappa shape index (κ1) is 9.98. The van der Waals surface area contributed by atoms with E-state index in [0.29, 0.717) is 0 Å². The molecule has 15 heavy (non-hydrogen) atoms. The molecule has 3 heteroatoms. The average molecular weight is 287 g/mol. The Bertz CT molecular complexity index is 383. The molecule has 2 atom stereocenters. The van der Waals surface area contributed by atoms with Crippen molar-refractivity contribution in [2.75, 3.05) is 18.0 Å². The fourth-order valence-corrected chi connectivity index (χ4v) is 3.16. The highest BCUT2D eigenvalue weighted by atomic mass is 79.9. The highest BCUT2D eigenvalue weighted by molar-refractivity contribution is 9.08. The van der Waals surface area contributed by atoms with Gasteiger partial charge in [-0.25, -0.2) is 0 Å². The van der Waals surface area contributed by atoms with E-state index in [4.69, 9.17) is 11.6 Å². The maximum Gasteiger partial charge on any atom is 0.0642 e. The summed E-state index contributed by atoms with van der Waals surface area (Å²) in [4.78, 5) is 2.43. The third-order valence-corrected chi connectivity index (χ3v) is 4.44. The molecular weight excluding hydrogens is 273 g/mol. The van der Waals surface area contributed by atoms with E-state index in [-0.39, 0.29) is 0 Å². The standard InChI is InChI=1S/C12H13BrClN/c13-5-8-1-2-12(11(14)3-8)15-6-9-4-10(9)7-15/h1-3,9-10H,4-7H2. The SMILES string of the molecule is Clc1cc(CBr)ccc1N1CC2CC2C1. The molecule has 2 fully saturated rings. The van der Waals surface area contributed by atoms with Gasteiger partial charge in [0.05, 0.1) is 10.7 Å². The van der Waals surface area contributed by atoms with Crippen LogP contribution in [0.4, 0.5) is 5.69 Å². The van der Waals surface area contributed by atoms with Crippen LogP contribution in [0.2, 0.25) is 5.02 Å². The number of piperidine rings is 1. The first-order valence-corrected chi connectivity index (χ1v) is 6.87. The van der Waals surface area contributed by atoms with E-state index in [2.05, 4.69) is 39.0 Å². The summed E-state index contributed by atoms with van der Waals surface area (Å²) in [5.74, 6) is 1.91. The number of anilines is 1. The minimum Gasteiger partial charge on any atom is -0.370 e. The van der Waals surface area contributed by atoms with Crippen LogP contribution in [0.1, 0.15) is 12.0 Å². The monoisotopic (exact) mass is 285 g/mol. The van der Waals surface area contributed by atoms with Crippen LogP contribution in [0.25, 0.3) is 0 Å². The van der Waals surface area contributed by atoms with Crippen molar-refractivity contribution in [1.29, 1.82) is 0 Å². The number of fused-ring (bicyclic) bond motifs is 1. The summed E-state index contributed by atoms with van der Waals surface area (Å²) in [5, 5.41) is 1.77. The molecule has 1 aromatic rings. The largest absolute Gasteiger partial charge is 0.370 e. The Morgan fingerprint density at radius 1 is 1.33 bits per heavy atom. The van der Waals surface area contributed by atoms with Gasteiger partial charge in [0.2, 0.25) is 0 Å². The molecule has 1 saturated heterocycles. The minimum absolute atomic E-state index is 0.873. The van der Waals surface area contributed by atoms with Crippen molar-refractivity contribution in [2.24, 2.45) is 11.8 Å². The molecule has 1 aromatic carbocycles. The van der Waals surface area contributed by atoms with Crippen molar-refractivity contribution in [3.8, 4) is 0 Å². The third kappa shape index (κ3) is 1.78. The summed E-state index contributed by atoms with van der Waals surface area (Å²) >= 11 is 9.73. The fraction of sp³-hybridized carbons (Fsp3) is 0.500. The summed E-state index contributed by atoms with van der Waals surface area (Å²) < 4.78 is 0. The van der Waals surface area contributed by atoms with Crippen molar-refractivity contribution in [1.82, 2.24) is 0 Å². The summed E-state index contributed by atoms with van der Waals surface area (Å²) in [7, 11) is 0. The van der Waals surface area contributed by atoms with E-state index in [9.17, 15) is 0 Å². The number of hydrogen-bond acceptors (Lipinski definition) is 1. The zero-order valence-electron chi connectivity index (χ0n) is 8.42. The number of halogens is 2. The summed E-state index contributed by atoms with van der Waals surface area (Å²) in [6, 6.07) is 6.37. The van der Waals surface area contributed by atoms with E-state index < -0.39 is 0 Å². The lowest BCUT2D eigenvalue weighted by Gasteiger charge is -2.21. The molecule has 0 aromatic heterocycles. The number of nitrogens with zero attached hydrogens (tertiary/aromatic N) is 1. The van der Waals surface area contributed by atoms with Crippen LogP contribution in [0.15, 0.2) is 18.2 Å². The minimum atomic E-state index is 0.873. The van der Waals surface area contributed by atoms with Crippen LogP contribution < -0.4 is 4.90 Å². The van der Waals surface area contributed by atoms with E-state index in [1.165, 1.54) is 30.8 Å². The highest BCUT2D eigenvalue weighted by Gasteiger charge is 2.45. The zero-order chi connectivity index (χ0) is 10.4. The summed E-state index contributed by atoms with van der Waals surface area (Å²) in [5.41, 5.74) is 2.46. The van der Waals surface area contributed by atoms with Gasteiger partial charge < -0.3 is 4.90 Å². The molecule has 2 unspecified atom stereocenters. The Morgan fingerprint density at radius 2 is 2.07 bits per heavy atom. The normalized spacial score (nSPS) is 28.0. The van der Waals surface area contributed by atoms with Crippen molar-refractivity contribution in [2.45, 2.75) is 11.8 Å². The topological polar surface area (TPSA) is 3.24 Å². The molecule has 1 aliphatic carbocycles. The van der Waals surface area contributed by atoms with Crippen LogP contribution >= 0.6 is 27.5 Å². The van der Waals surface area contributed by atoms with Gasteiger partial charge in [-0.1, -0.05) is 33.6 Å². The number of rotatable bonds is 2. The molecule has 0 amide bonds. The second-order valence-corrected chi connectivity index (χ2v) is 5.55. The molecular formula is C12H13BrClN. The number of hydrogen-bond donors (Lipinski definition) is 0. The smallest absolute Gasteiger partial charge is 0.0642 e. The van der Waals surface area contributed by atoms with E-state index in [1.54, 1.807) is 0 Å². The average Bonchev–Trinajstić information content (AvgIpc) is 2.85. The Hall–Kier alpha value is -0.210. The van der Waals surface area contributed by atoms with Crippen molar-refractivity contribution >= 4 is 33.2 Å². The van der Waals surface area contributed by atoms with Gasteiger partial charge in [0.25, 0.3) is 0 Å². The lowest BCUT2D eigenvalue weighted by Crippen LogP contribution is -2.22. The van der Waals surface area contributed by atoms with Gasteiger partial charge in [-0.15, -0.1) is 0 Å². The molecule has 1 aliphatic heterocycles. The molecule has 3 rings (SSSR count). The van der Waals surface area contributed by atoms with Gasteiger partial charge in [0, 0.05) is 18.4 Å². The molecule has 0 spiro atoms. The summed E-state index contributed by atoms with van der Waals surface area (Å²) in [6.07, 6.45) is 1.44. The first-order chi connectivity index (χ1) is 7.28. The second kappa shape index (κ2) is 3.67. The predicted octanol–water partition coefficient (Wildman–Crippen LogP) is 3.69. The zero-order valence-corrected chi connectivity index (χ0v) is 10.8. The quantitative estimate of drug-likeness (QED) is 0.750. The van der Waals surface area contributed by atoms with Crippen LogP contribution in [0, 0.1) is 11.8 Å². The van der Waals surface area contributed by atoms with Gasteiger partial charge in [0.15, 0.2) is 0 Å². The first-order valence-electron chi connectivity index (χ1n) is 5.37. The Labute approximate surface area is 104 Å². The van der Waals surface area contributed by atoms with Gasteiger partial charge in [0.1, 0.15) is 0 Å². The van der Waals surface area contributed by atoms with Crippen molar-refractivity contribution in [3.05, 3.63) is 28.8 Å². The fourth-order valence-electron chi connectivity index (χ4n) is 2.48. The third-order valence-electron chi connectivity index (χ3n) is 3.49. The molecule has 1 heterocycles. The molecule has 80 valence electrons. The second-order valence-electron chi connectivity index (χ2n) is 4.58. The Kier molecular flexibility index (Phi) is 2.44. The van der Waals surface area contributed by atoms with Gasteiger partial charge in [-0.3, -0.25) is 0 Å². The Balaban J connectivity index is 1.85. The van der Waals surface area contributed by atoms with Crippen LogP contribution in [-0.2, 0) is 5.33 Å². The van der Waals surface area contributed by atoms with Gasteiger partial charge in [-0.2, -0.15) is 0 Å². The van der Waals surface area contributed by atoms with Crippen LogP contribution in [0.3, 0.4) is 0 Å². The summed E-state index contributed by atoms with van der Waals surface area (Å²) in [6.45, 7) is 2.41. The molecule has 2 aliphatic rings. The molecule has 0 N–H and O–H groups in total.